The van der Waals surface area contributed by atoms with Crippen molar-refractivity contribution < 1.29 is 9.53 Å². The van der Waals surface area contributed by atoms with Gasteiger partial charge in [0.05, 0.1) is 18.2 Å². The zero-order valence-electron chi connectivity index (χ0n) is 12.2. The van der Waals surface area contributed by atoms with E-state index in [4.69, 9.17) is 4.74 Å². The predicted molar refractivity (Wildman–Crippen MR) is 97.2 cm³/mol. The molecule has 116 valence electrons. The van der Waals surface area contributed by atoms with Crippen molar-refractivity contribution in [3.05, 3.63) is 55.8 Å². The first kappa shape index (κ1) is 16.0. The fourth-order valence-corrected chi connectivity index (χ4v) is 3.99. The molecule has 1 aromatic carbocycles. The van der Waals surface area contributed by atoms with Gasteiger partial charge in [0.25, 0.3) is 5.91 Å². The molecule has 1 aliphatic heterocycles. The van der Waals surface area contributed by atoms with Gasteiger partial charge in [-0.1, -0.05) is 18.2 Å². The molecule has 5 heteroatoms. The lowest BCUT2D eigenvalue weighted by atomic mass is 10.1. The molecule has 0 saturated carbocycles. The Labute approximate surface area is 148 Å². The second-order valence-corrected chi connectivity index (χ2v) is 7.57. The zero-order valence-corrected chi connectivity index (χ0v) is 15.2. The van der Waals surface area contributed by atoms with Gasteiger partial charge in [-0.2, -0.15) is 0 Å². The number of amides is 1. The largest absolute Gasteiger partial charge is 0.376 e. The number of rotatable bonds is 5. The summed E-state index contributed by atoms with van der Waals surface area (Å²) in [5.41, 5.74) is 0.776. The van der Waals surface area contributed by atoms with Crippen LogP contribution in [-0.2, 0) is 11.3 Å². The summed E-state index contributed by atoms with van der Waals surface area (Å²) in [6.07, 6.45) is 2.31. The molecule has 1 saturated heterocycles. The molecule has 1 fully saturated rings. The number of benzene rings is 1. The molecule has 22 heavy (non-hydrogen) atoms. The second kappa shape index (κ2) is 7.57. The van der Waals surface area contributed by atoms with Crippen LogP contribution in [0.3, 0.4) is 0 Å². The highest BCUT2D eigenvalue weighted by molar-refractivity contribution is 14.1. The van der Waals surface area contributed by atoms with Gasteiger partial charge < -0.3 is 9.64 Å². The second-order valence-electron chi connectivity index (χ2n) is 5.38. The van der Waals surface area contributed by atoms with E-state index in [0.717, 1.165) is 28.6 Å². The van der Waals surface area contributed by atoms with Crippen molar-refractivity contribution in [1.29, 1.82) is 0 Å². The molecule has 0 spiro atoms. The van der Waals surface area contributed by atoms with Crippen molar-refractivity contribution >= 4 is 39.8 Å². The van der Waals surface area contributed by atoms with Gasteiger partial charge in [-0.25, -0.2) is 0 Å². The number of halogens is 1. The summed E-state index contributed by atoms with van der Waals surface area (Å²) >= 11 is 3.92. The number of hydrogen-bond acceptors (Lipinski definition) is 3. The lowest BCUT2D eigenvalue weighted by Gasteiger charge is -2.25. The molecule has 3 nitrogen and oxygen atoms in total. The quantitative estimate of drug-likeness (QED) is 0.671. The molecule has 3 rings (SSSR count). The van der Waals surface area contributed by atoms with E-state index in [1.807, 2.05) is 35.2 Å². The first-order valence-corrected chi connectivity index (χ1v) is 9.37. The molecule has 1 amide bonds. The Balaban J connectivity index is 1.80. The minimum Gasteiger partial charge on any atom is -0.376 e. The van der Waals surface area contributed by atoms with Crippen LogP contribution >= 0.6 is 33.9 Å². The van der Waals surface area contributed by atoms with Crippen LogP contribution in [-0.4, -0.2) is 30.1 Å². The maximum absolute atomic E-state index is 12.9. The van der Waals surface area contributed by atoms with Crippen molar-refractivity contribution in [2.75, 3.05) is 13.2 Å². The van der Waals surface area contributed by atoms with Crippen LogP contribution in [0.5, 0.6) is 0 Å². The van der Waals surface area contributed by atoms with Gasteiger partial charge in [0.15, 0.2) is 0 Å². The number of thiophene rings is 1. The molecule has 2 heterocycles. The Bertz CT molecular complexity index is 623. The van der Waals surface area contributed by atoms with Crippen LogP contribution in [0.25, 0.3) is 0 Å². The number of carbonyl (C=O) groups is 1. The SMILES string of the molecule is O=C(c1ccccc1I)N(Cc1cccs1)CC1CCCO1. The van der Waals surface area contributed by atoms with E-state index in [9.17, 15) is 4.79 Å². The predicted octanol–water partition coefficient (Wildman–Crippen LogP) is 4.17. The standard InChI is InChI=1S/C17H18INO2S/c18-16-8-2-1-7-15(16)17(20)19(11-13-5-3-9-21-13)12-14-6-4-10-22-14/h1-2,4,6-8,10,13H,3,5,9,11-12H2. The smallest absolute Gasteiger partial charge is 0.255 e. The minimum absolute atomic E-state index is 0.0916. The average molecular weight is 427 g/mol. The first-order chi connectivity index (χ1) is 10.7. The molecular weight excluding hydrogens is 409 g/mol. The highest BCUT2D eigenvalue weighted by Gasteiger charge is 2.24. The zero-order chi connectivity index (χ0) is 15.4. The van der Waals surface area contributed by atoms with E-state index < -0.39 is 0 Å². The normalized spacial score (nSPS) is 17.6. The summed E-state index contributed by atoms with van der Waals surface area (Å²) in [7, 11) is 0. The molecule has 1 unspecified atom stereocenters. The van der Waals surface area contributed by atoms with Crippen molar-refractivity contribution in [3.8, 4) is 0 Å². The van der Waals surface area contributed by atoms with Gasteiger partial charge in [-0.3, -0.25) is 4.79 Å². The summed E-state index contributed by atoms with van der Waals surface area (Å²) in [6.45, 7) is 2.14. The maximum Gasteiger partial charge on any atom is 0.255 e. The van der Waals surface area contributed by atoms with Gasteiger partial charge in [0.1, 0.15) is 0 Å². The lowest BCUT2D eigenvalue weighted by molar-refractivity contribution is 0.0509. The van der Waals surface area contributed by atoms with Gasteiger partial charge in [-0.05, 0) is 59.0 Å². The fraction of sp³-hybridized carbons (Fsp3) is 0.353. The van der Waals surface area contributed by atoms with Crippen molar-refractivity contribution in [3.63, 3.8) is 0 Å². The van der Waals surface area contributed by atoms with Crippen LogP contribution in [0, 0.1) is 3.57 Å². The molecule has 2 aromatic rings. The van der Waals surface area contributed by atoms with Gasteiger partial charge in [0.2, 0.25) is 0 Å². The van der Waals surface area contributed by atoms with Gasteiger partial charge in [-0.15, -0.1) is 11.3 Å². The Hall–Kier alpha value is -0.920. The number of ether oxygens (including phenoxy) is 1. The Morgan fingerprint density at radius 2 is 2.18 bits per heavy atom. The van der Waals surface area contributed by atoms with E-state index >= 15 is 0 Å². The molecule has 1 aromatic heterocycles. The van der Waals surface area contributed by atoms with Crippen molar-refractivity contribution in [2.45, 2.75) is 25.5 Å². The number of carbonyl (C=O) groups excluding carboxylic acids is 1. The van der Waals surface area contributed by atoms with Crippen LogP contribution in [0.2, 0.25) is 0 Å². The Morgan fingerprint density at radius 3 is 2.86 bits per heavy atom. The van der Waals surface area contributed by atoms with E-state index in [-0.39, 0.29) is 12.0 Å². The summed E-state index contributed by atoms with van der Waals surface area (Å²) < 4.78 is 6.72. The van der Waals surface area contributed by atoms with Crippen LogP contribution in [0.4, 0.5) is 0 Å². The molecule has 0 bridgehead atoms. The highest BCUT2D eigenvalue weighted by atomic mass is 127. The highest BCUT2D eigenvalue weighted by Crippen LogP contribution is 2.21. The molecule has 0 aliphatic carbocycles. The number of hydrogen-bond donors (Lipinski definition) is 0. The first-order valence-electron chi connectivity index (χ1n) is 7.42. The summed E-state index contributed by atoms with van der Waals surface area (Å²) in [5.74, 6) is 0.0916. The average Bonchev–Trinajstić information content (AvgIpc) is 3.20. The molecular formula is C17H18INO2S. The van der Waals surface area contributed by atoms with Crippen LogP contribution in [0.1, 0.15) is 28.1 Å². The molecule has 1 atom stereocenters. The number of nitrogens with zero attached hydrogens (tertiary/aromatic N) is 1. The van der Waals surface area contributed by atoms with E-state index in [0.29, 0.717) is 13.1 Å². The maximum atomic E-state index is 12.9. The summed E-state index contributed by atoms with van der Waals surface area (Å²) in [5, 5.41) is 2.05. The van der Waals surface area contributed by atoms with E-state index in [2.05, 4.69) is 34.0 Å². The van der Waals surface area contributed by atoms with Crippen molar-refractivity contribution in [1.82, 2.24) is 4.90 Å². The molecule has 0 radical (unpaired) electrons. The summed E-state index contributed by atoms with van der Waals surface area (Å²) in [4.78, 5) is 16.1. The third-order valence-corrected chi connectivity index (χ3v) is 5.57. The summed E-state index contributed by atoms with van der Waals surface area (Å²) in [6, 6.07) is 11.9. The topological polar surface area (TPSA) is 29.5 Å². The Morgan fingerprint density at radius 1 is 1.32 bits per heavy atom. The van der Waals surface area contributed by atoms with Gasteiger partial charge >= 0.3 is 0 Å². The Kier molecular flexibility index (Phi) is 5.49. The minimum atomic E-state index is 0.0916. The van der Waals surface area contributed by atoms with Crippen LogP contribution in [0.15, 0.2) is 41.8 Å². The third-order valence-electron chi connectivity index (χ3n) is 3.77. The lowest BCUT2D eigenvalue weighted by Crippen LogP contribution is -2.37. The fourth-order valence-electron chi connectivity index (χ4n) is 2.65. The third kappa shape index (κ3) is 3.88. The molecule has 0 N–H and O–H groups in total. The van der Waals surface area contributed by atoms with E-state index in [1.54, 1.807) is 11.3 Å². The van der Waals surface area contributed by atoms with E-state index in [1.165, 1.54) is 4.88 Å². The van der Waals surface area contributed by atoms with Gasteiger partial charge in [0, 0.05) is 21.6 Å². The monoisotopic (exact) mass is 427 g/mol. The van der Waals surface area contributed by atoms with Crippen molar-refractivity contribution in [2.24, 2.45) is 0 Å². The van der Waals surface area contributed by atoms with Crippen LogP contribution < -0.4 is 0 Å². The molecule has 1 aliphatic rings.